The number of benzene rings is 2. The Labute approximate surface area is 155 Å². The number of aromatic nitrogens is 1. The summed E-state index contributed by atoms with van der Waals surface area (Å²) >= 11 is 1.22. The summed E-state index contributed by atoms with van der Waals surface area (Å²) in [6, 6.07) is 14.4. The Morgan fingerprint density at radius 1 is 1.19 bits per heavy atom. The Bertz CT molecular complexity index is 907. The van der Waals surface area contributed by atoms with Gasteiger partial charge in [-0.1, -0.05) is 17.4 Å². The number of nitrogen functional groups attached to an aromatic ring is 1. The predicted molar refractivity (Wildman–Crippen MR) is 104 cm³/mol. The first-order chi connectivity index (χ1) is 12.6. The second-order valence-corrected chi connectivity index (χ2v) is 6.38. The van der Waals surface area contributed by atoms with E-state index in [0.29, 0.717) is 22.2 Å². The zero-order valence-corrected chi connectivity index (χ0v) is 15.3. The molecule has 0 aliphatic carbocycles. The number of rotatable bonds is 7. The molecule has 26 heavy (non-hydrogen) atoms. The summed E-state index contributed by atoms with van der Waals surface area (Å²) in [6.07, 6.45) is 0. The van der Waals surface area contributed by atoms with Crippen molar-refractivity contribution in [1.82, 2.24) is 4.98 Å². The van der Waals surface area contributed by atoms with E-state index in [-0.39, 0.29) is 11.6 Å². The molecule has 7 heteroatoms. The molecule has 3 rings (SSSR count). The number of anilines is 3. The van der Waals surface area contributed by atoms with Gasteiger partial charge in [-0.2, -0.15) is 0 Å². The molecule has 0 bridgehead atoms. The predicted octanol–water partition coefficient (Wildman–Crippen LogP) is 4.11. The van der Waals surface area contributed by atoms with Crippen LogP contribution in [0, 0.1) is 0 Å². The normalized spacial score (nSPS) is 10.4. The largest absolute Gasteiger partial charge is 0.497 e. The quantitative estimate of drug-likeness (QED) is 0.610. The van der Waals surface area contributed by atoms with E-state index in [0.717, 1.165) is 17.2 Å². The van der Waals surface area contributed by atoms with Gasteiger partial charge in [0.15, 0.2) is 5.13 Å². The molecule has 3 aromatic rings. The number of nitrogens with one attached hydrogen (secondary N) is 1. The van der Waals surface area contributed by atoms with Crippen molar-refractivity contribution in [2.45, 2.75) is 6.92 Å². The Balaban J connectivity index is 1.79. The molecule has 6 nitrogen and oxygen atoms in total. The zero-order valence-electron chi connectivity index (χ0n) is 14.5. The average Bonchev–Trinajstić information content (AvgIpc) is 3.02. The number of carbonyl (C=O) groups is 1. The van der Waals surface area contributed by atoms with Crippen molar-refractivity contribution >= 4 is 33.8 Å². The summed E-state index contributed by atoms with van der Waals surface area (Å²) in [5.74, 6) is 1.49. The van der Waals surface area contributed by atoms with Crippen LogP contribution in [0.4, 0.5) is 16.6 Å². The van der Waals surface area contributed by atoms with Gasteiger partial charge < -0.3 is 20.5 Å². The minimum atomic E-state index is -0.165. The first-order valence-electron chi connectivity index (χ1n) is 8.05. The van der Waals surface area contributed by atoms with Gasteiger partial charge in [-0.3, -0.25) is 4.79 Å². The summed E-state index contributed by atoms with van der Waals surface area (Å²) in [6.45, 7) is 2.49. The van der Waals surface area contributed by atoms with Crippen molar-refractivity contribution in [3.8, 4) is 11.5 Å². The second-order valence-electron chi connectivity index (χ2n) is 5.38. The standard InChI is InChI=1S/C19H19N3O3S/c1-3-25-14-9-7-12(8-10-14)16(23)17-18(20)22-19(26-17)21-13-5-4-6-15(11-13)24-2/h4-11H,3,20H2,1-2H3,(H,21,22). The van der Waals surface area contributed by atoms with Crippen LogP contribution < -0.4 is 20.5 Å². The number of ketones is 1. The maximum atomic E-state index is 12.7. The highest BCUT2D eigenvalue weighted by Crippen LogP contribution is 2.30. The van der Waals surface area contributed by atoms with Gasteiger partial charge in [0.2, 0.25) is 5.78 Å². The number of ether oxygens (including phenoxy) is 2. The van der Waals surface area contributed by atoms with E-state index in [4.69, 9.17) is 15.2 Å². The van der Waals surface area contributed by atoms with E-state index >= 15 is 0 Å². The van der Waals surface area contributed by atoms with E-state index in [1.54, 1.807) is 31.4 Å². The van der Waals surface area contributed by atoms with Crippen molar-refractivity contribution in [2.75, 3.05) is 24.8 Å². The van der Waals surface area contributed by atoms with Gasteiger partial charge >= 0.3 is 0 Å². The van der Waals surface area contributed by atoms with Gasteiger partial charge in [0.1, 0.15) is 22.2 Å². The van der Waals surface area contributed by atoms with Crippen LogP contribution in [-0.2, 0) is 0 Å². The van der Waals surface area contributed by atoms with Crippen molar-refractivity contribution in [3.63, 3.8) is 0 Å². The van der Waals surface area contributed by atoms with Gasteiger partial charge in [0, 0.05) is 17.3 Å². The number of carbonyl (C=O) groups excluding carboxylic acids is 1. The molecule has 0 fully saturated rings. The molecule has 1 aromatic heterocycles. The summed E-state index contributed by atoms with van der Waals surface area (Å²) in [7, 11) is 1.61. The minimum absolute atomic E-state index is 0.165. The fraction of sp³-hybridized carbons (Fsp3) is 0.158. The molecule has 0 amide bonds. The third kappa shape index (κ3) is 3.94. The van der Waals surface area contributed by atoms with Gasteiger partial charge in [-0.05, 0) is 43.3 Å². The van der Waals surface area contributed by atoms with Gasteiger partial charge in [0.05, 0.1) is 13.7 Å². The SMILES string of the molecule is CCOc1ccc(C(=O)c2sc(Nc3cccc(OC)c3)nc2N)cc1. The Hall–Kier alpha value is -3.06. The fourth-order valence-electron chi connectivity index (χ4n) is 2.37. The molecule has 0 aliphatic rings. The van der Waals surface area contributed by atoms with Crippen LogP contribution in [0.2, 0.25) is 0 Å². The molecular weight excluding hydrogens is 350 g/mol. The molecule has 3 N–H and O–H groups in total. The fourth-order valence-corrected chi connectivity index (χ4v) is 3.24. The zero-order chi connectivity index (χ0) is 18.5. The number of nitrogens with two attached hydrogens (primary N) is 1. The number of hydrogen-bond donors (Lipinski definition) is 2. The Morgan fingerprint density at radius 2 is 1.96 bits per heavy atom. The maximum absolute atomic E-state index is 12.7. The highest BCUT2D eigenvalue weighted by Gasteiger charge is 2.18. The topological polar surface area (TPSA) is 86.5 Å². The van der Waals surface area contributed by atoms with Crippen molar-refractivity contribution in [2.24, 2.45) is 0 Å². The molecule has 0 saturated heterocycles. The lowest BCUT2D eigenvalue weighted by molar-refractivity contribution is 0.104. The van der Waals surface area contributed by atoms with Crippen LogP contribution in [0.3, 0.4) is 0 Å². The third-order valence-electron chi connectivity index (χ3n) is 3.61. The highest BCUT2D eigenvalue weighted by molar-refractivity contribution is 7.18. The molecule has 0 radical (unpaired) electrons. The lowest BCUT2D eigenvalue weighted by Gasteiger charge is -2.04. The summed E-state index contributed by atoms with van der Waals surface area (Å²) in [4.78, 5) is 17.4. The molecule has 0 atom stereocenters. The van der Waals surface area contributed by atoms with Crippen molar-refractivity contribution in [1.29, 1.82) is 0 Å². The van der Waals surface area contributed by atoms with E-state index in [1.807, 2.05) is 31.2 Å². The minimum Gasteiger partial charge on any atom is -0.497 e. The number of hydrogen-bond acceptors (Lipinski definition) is 7. The Kier molecular flexibility index (Phi) is 5.38. The molecule has 0 spiro atoms. The van der Waals surface area contributed by atoms with Gasteiger partial charge in [0.25, 0.3) is 0 Å². The second kappa shape index (κ2) is 7.88. The summed E-state index contributed by atoms with van der Waals surface area (Å²) < 4.78 is 10.6. The van der Waals surface area contributed by atoms with E-state index in [9.17, 15) is 4.79 Å². The molecule has 1 heterocycles. The number of methoxy groups -OCH3 is 1. The molecule has 0 unspecified atom stereocenters. The molecular formula is C19H19N3O3S. The molecule has 134 valence electrons. The van der Waals surface area contributed by atoms with E-state index in [1.165, 1.54) is 11.3 Å². The molecule has 2 aromatic carbocycles. The van der Waals surface area contributed by atoms with Gasteiger partial charge in [-0.25, -0.2) is 4.98 Å². The number of thiazole rings is 1. The molecule has 0 aliphatic heterocycles. The highest BCUT2D eigenvalue weighted by atomic mass is 32.1. The summed E-state index contributed by atoms with van der Waals surface area (Å²) in [5, 5.41) is 3.69. The van der Waals surface area contributed by atoms with E-state index in [2.05, 4.69) is 10.3 Å². The van der Waals surface area contributed by atoms with Crippen LogP contribution in [0.15, 0.2) is 48.5 Å². The average molecular weight is 369 g/mol. The first-order valence-corrected chi connectivity index (χ1v) is 8.87. The third-order valence-corrected chi connectivity index (χ3v) is 4.59. The van der Waals surface area contributed by atoms with Gasteiger partial charge in [-0.15, -0.1) is 0 Å². The lowest BCUT2D eigenvalue weighted by Crippen LogP contribution is -2.02. The van der Waals surface area contributed by atoms with Crippen molar-refractivity contribution in [3.05, 3.63) is 59.0 Å². The Morgan fingerprint density at radius 3 is 2.65 bits per heavy atom. The van der Waals surface area contributed by atoms with Crippen molar-refractivity contribution < 1.29 is 14.3 Å². The number of nitrogens with zero attached hydrogens (tertiary/aromatic N) is 1. The maximum Gasteiger partial charge on any atom is 0.206 e. The van der Waals surface area contributed by atoms with Crippen LogP contribution in [-0.4, -0.2) is 24.5 Å². The summed E-state index contributed by atoms with van der Waals surface area (Å²) in [5.41, 5.74) is 7.30. The first kappa shape index (κ1) is 17.8. The van der Waals surface area contributed by atoms with E-state index < -0.39 is 0 Å². The molecule has 0 saturated carbocycles. The smallest absolute Gasteiger partial charge is 0.206 e. The monoisotopic (exact) mass is 369 g/mol. The van der Waals surface area contributed by atoms with Crippen LogP contribution in [0.25, 0.3) is 0 Å². The van der Waals surface area contributed by atoms with Crippen LogP contribution in [0.1, 0.15) is 22.2 Å². The van der Waals surface area contributed by atoms with Crippen LogP contribution in [0.5, 0.6) is 11.5 Å². The lowest BCUT2D eigenvalue weighted by atomic mass is 10.1. The van der Waals surface area contributed by atoms with Crippen LogP contribution >= 0.6 is 11.3 Å².